The fourth-order valence-electron chi connectivity index (χ4n) is 5.88. The number of nitrogens with zero attached hydrogens (tertiary/aromatic N) is 2. The van der Waals surface area contributed by atoms with Gasteiger partial charge < -0.3 is 9.13 Å². The number of unbranched alkanes of at least 4 members (excludes halogenated alkanes) is 10. The van der Waals surface area contributed by atoms with Gasteiger partial charge in [-0.25, -0.2) is 0 Å². The lowest BCUT2D eigenvalue weighted by Crippen LogP contribution is -2.05. The Bertz CT molecular complexity index is 1610. The summed E-state index contributed by atoms with van der Waals surface area (Å²) in [4.78, 5) is 11.6. The monoisotopic (exact) mass is 572 g/mol. The van der Waals surface area contributed by atoms with Crippen molar-refractivity contribution < 1.29 is 4.79 Å². The second kappa shape index (κ2) is 14.3. The number of hydrogen-bond acceptors (Lipinski definition) is 3. The van der Waals surface area contributed by atoms with Crippen LogP contribution in [0, 0.1) is 0 Å². The van der Waals surface area contributed by atoms with Crippen LogP contribution < -0.4 is 0 Å². The van der Waals surface area contributed by atoms with Crippen LogP contribution in [-0.4, -0.2) is 15.4 Å². The zero-order valence-corrected chi connectivity index (χ0v) is 25.9. The lowest BCUT2D eigenvalue weighted by molar-refractivity contribution is 0.112. The van der Waals surface area contributed by atoms with Crippen molar-refractivity contribution >= 4 is 69.8 Å². The summed E-state index contributed by atoms with van der Waals surface area (Å²) in [6, 6.07) is 20.0. The number of benzene rings is 3. The average Bonchev–Trinajstić information content (AvgIpc) is 2.98. The molecule has 5 aromatic rings. The molecule has 0 aliphatic heterocycles. The number of aromatic nitrogens is 2. The van der Waals surface area contributed by atoms with E-state index < -0.39 is 0 Å². The smallest absolute Gasteiger partial charge is 0.150 e. The summed E-state index contributed by atoms with van der Waals surface area (Å²) in [5, 5.41) is 0. The molecule has 2 heterocycles. The number of fused-ring (bicyclic) bond motifs is 4. The number of rotatable bonds is 15. The predicted molar refractivity (Wildman–Crippen MR) is 178 cm³/mol. The van der Waals surface area contributed by atoms with Gasteiger partial charge in [0.25, 0.3) is 0 Å². The fraction of sp³-hybridized carbons (Fsp3) is 0.457. The molecule has 0 amide bonds. The van der Waals surface area contributed by atoms with Gasteiger partial charge >= 0.3 is 0 Å². The van der Waals surface area contributed by atoms with Gasteiger partial charge in [-0.3, -0.25) is 4.79 Å². The highest BCUT2D eigenvalue weighted by atomic mass is 32.1. The van der Waals surface area contributed by atoms with Crippen molar-refractivity contribution in [2.45, 2.75) is 104 Å². The van der Waals surface area contributed by atoms with E-state index in [1.165, 1.54) is 118 Å². The maximum absolute atomic E-state index is 11.6. The van der Waals surface area contributed by atoms with Gasteiger partial charge in [-0.05, 0) is 55.3 Å². The fourth-order valence-corrected chi connectivity index (χ4v) is 8.15. The normalized spacial score (nSPS) is 11.8. The maximum Gasteiger partial charge on any atom is 0.150 e. The third-order valence-electron chi connectivity index (χ3n) is 8.10. The van der Waals surface area contributed by atoms with E-state index in [-0.39, 0.29) is 0 Å². The quantitative estimate of drug-likeness (QED) is 0.0696. The summed E-state index contributed by atoms with van der Waals surface area (Å²) in [7, 11) is 0. The van der Waals surface area contributed by atoms with Crippen LogP contribution >= 0.6 is 22.7 Å². The molecule has 0 aliphatic rings. The van der Waals surface area contributed by atoms with Gasteiger partial charge in [-0.15, -0.1) is 22.7 Å². The molecule has 0 fully saturated rings. The molecule has 0 bridgehead atoms. The van der Waals surface area contributed by atoms with Gasteiger partial charge in [0, 0.05) is 18.7 Å². The summed E-state index contributed by atoms with van der Waals surface area (Å²) in [6.07, 6.45) is 16.5. The van der Waals surface area contributed by atoms with Crippen LogP contribution in [0.4, 0.5) is 0 Å². The predicted octanol–water partition coefficient (Wildman–Crippen LogP) is 11.7. The molecule has 3 nitrogen and oxygen atoms in total. The first kappa shape index (κ1) is 28.9. The van der Waals surface area contributed by atoms with Crippen LogP contribution in [-0.2, 0) is 13.1 Å². The average molecular weight is 573 g/mol. The Balaban J connectivity index is 1.59. The number of hydrogen-bond donors (Lipinski definition) is 0. The Labute approximate surface area is 247 Å². The largest absolute Gasteiger partial charge is 0.339 e. The third kappa shape index (κ3) is 6.63. The Morgan fingerprint density at radius 1 is 0.550 bits per heavy atom. The van der Waals surface area contributed by atoms with Crippen molar-refractivity contribution in [1.82, 2.24) is 9.13 Å². The van der Waals surface area contributed by atoms with Crippen LogP contribution in [0.25, 0.3) is 40.9 Å². The minimum atomic E-state index is 0.751. The van der Waals surface area contributed by atoms with Crippen LogP contribution in [0.3, 0.4) is 0 Å². The second-order valence-electron chi connectivity index (χ2n) is 11.1. The number of carbonyl (C=O) groups excluding carboxylic acids is 1. The standard InChI is InChI=1S/C35H44N2OS2/c1-3-5-7-9-11-15-21-36-28-17-13-14-18-32(28)39-34-24-31-35(25-30(34)36)40-33-23-27(26-38)19-20-29(33)37(31)22-16-12-10-8-6-4-2/h13-14,17-20,23-26H,3-12,15-16,21-22H2,1-2H3. The molecule has 0 aliphatic carbocycles. The molecular weight excluding hydrogens is 529 g/mol. The molecule has 0 atom stereocenters. The number of aldehydes is 1. The third-order valence-corrected chi connectivity index (χ3v) is 10.3. The van der Waals surface area contributed by atoms with E-state index >= 15 is 0 Å². The zero-order valence-electron chi connectivity index (χ0n) is 24.3. The first-order valence-electron chi connectivity index (χ1n) is 15.5. The molecule has 0 unspecified atom stereocenters. The van der Waals surface area contributed by atoms with E-state index in [9.17, 15) is 4.79 Å². The SMILES string of the molecule is CCCCCCCCn1c2ccccc2sc2cc3c(cc21)sc1cc(C=O)ccc1n3CCCCCCCC. The highest BCUT2D eigenvalue weighted by Crippen LogP contribution is 2.36. The Morgan fingerprint density at radius 2 is 1.05 bits per heavy atom. The zero-order chi connectivity index (χ0) is 27.7. The molecule has 0 N–H and O–H groups in total. The molecule has 3 aromatic carbocycles. The lowest BCUT2D eigenvalue weighted by atomic mass is 10.1. The van der Waals surface area contributed by atoms with Crippen LogP contribution in [0.1, 0.15) is 101 Å². The van der Waals surface area contributed by atoms with Crippen molar-refractivity contribution in [2.75, 3.05) is 0 Å². The van der Waals surface area contributed by atoms with E-state index in [0.29, 0.717) is 0 Å². The van der Waals surface area contributed by atoms with Crippen LogP contribution in [0.5, 0.6) is 0 Å². The topological polar surface area (TPSA) is 26.9 Å². The first-order chi connectivity index (χ1) is 19.7. The second-order valence-corrected chi connectivity index (χ2v) is 13.3. The Hall–Kier alpha value is -2.63. The lowest BCUT2D eigenvalue weighted by Gasteiger charge is -2.19. The highest BCUT2D eigenvalue weighted by molar-refractivity contribution is 7.25. The minimum absolute atomic E-state index is 0.751. The summed E-state index contributed by atoms with van der Waals surface area (Å²) in [5.41, 5.74) is 5.97. The van der Waals surface area contributed by atoms with E-state index in [2.05, 4.69) is 71.5 Å². The van der Waals surface area contributed by atoms with Crippen molar-refractivity contribution in [2.24, 2.45) is 0 Å². The minimum Gasteiger partial charge on any atom is -0.339 e. The molecule has 40 heavy (non-hydrogen) atoms. The van der Waals surface area contributed by atoms with Gasteiger partial charge in [0.15, 0.2) is 0 Å². The molecule has 0 saturated carbocycles. The summed E-state index contributed by atoms with van der Waals surface area (Å²) >= 11 is 3.74. The number of carbonyl (C=O) groups is 1. The van der Waals surface area contributed by atoms with E-state index in [1.54, 1.807) is 0 Å². The van der Waals surface area contributed by atoms with Gasteiger partial charge in [-0.2, -0.15) is 0 Å². The van der Waals surface area contributed by atoms with Gasteiger partial charge in [0.05, 0.1) is 40.9 Å². The highest BCUT2D eigenvalue weighted by Gasteiger charge is 2.13. The van der Waals surface area contributed by atoms with E-state index in [0.717, 1.165) is 24.9 Å². The van der Waals surface area contributed by atoms with Gasteiger partial charge in [0.1, 0.15) is 6.29 Å². The maximum atomic E-state index is 11.6. The number of para-hydroxylation sites is 1. The van der Waals surface area contributed by atoms with Gasteiger partial charge in [0.2, 0.25) is 0 Å². The Kier molecular flexibility index (Phi) is 10.3. The summed E-state index contributed by atoms with van der Waals surface area (Å²) in [6.45, 7) is 6.62. The van der Waals surface area contributed by atoms with Crippen molar-refractivity contribution in [3.05, 3.63) is 60.2 Å². The molecule has 5 heteroatoms. The molecule has 5 rings (SSSR count). The molecule has 0 saturated heterocycles. The number of aryl methyl sites for hydroxylation is 2. The summed E-state index contributed by atoms with van der Waals surface area (Å²) < 4.78 is 10.3. The van der Waals surface area contributed by atoms with Gasteiger partial charge in [-0.1, -0.05) is 90.2 Å². The summed E-state index contributed by atoms with van der Waals surface area (Å²) in [5.74, 6) is 0. The van der Waals surface area contributed by atoms with Crippen molar-refractivity contribution in [3.63, 3.8) is 0 Å². The molecule has 2 aromatic heterocycles. The van der Waals surface area contributed by atoms with Crippen molar-refractivity contribution in [3.8, 4) is 0 Å². The van der Waals surface area contributed by atoms with E-state index in [1.807, 2.05) is 28.7 Å². The van der Waals surface area contributed by atoms with Crippen molar-refractivity contribution in [1.29, 1.82) is 0 Å². The molecule has 0 spiro atoms. The van der Waals surface area contributed by atoms with E-state index in [4.69, 9.17) is 0 Å². The molecular formula is C35H44N2OS2. The molecule has 212 valence electrons. The molecule has 0 radical (unpaired) electrons. The van der Waals surface area contributed by atoms with Crippen LogP contribution in [0.2, 0.25) is 0 Å². The van der Waals surface area contributed by atoms with Crippen LogP contribution in [0.15, 0.2) is 54.6 Å². The Morgan fingerprint density at radius 3 is 1.65 bits per heavy atom. The first-order valence-corrected chi connectivity index (χ1v) is 17.1.